The molecule has 10 heteroatoms. The highest BCUT2D eigenvalue weighted by Crippen LogP contribution is 2.49. The number of ether oxygens (including phenoxy) is 1. The van der Waals surface area contributed by atoms with Gasteiger partial charge in [0.1, 0.15) is 42.1 Å². The summed E-state index contributed by atoms with van der Waals surface area (Å²) in [7, 11) is 0. The van der Waals surface area contributed by atoms with Crippen LogP contribution >= 0.6 is 0 Å². The van der Waals surface area contributed by atoms with Crippen LogP contribution in [0.4, 0.5) is 10.1 Å². The highest BCUT2D eigenvalue weighted by atomic mass is 19.1. The highest BCUT2D eigenvalue weighted by molar-refractivity contribution is 6.03. The van der Waals surface area contributed by atoms with Crippen molar-refractivity contribution >= 4 is 11.6 Å². The number of aromatic hydroxyl groups is 1. The van der Waals surface area contributed by atoms with E-state index in [1.807, 2.05) is 36.4 Å². The number of phenols is 1. The predicted molar refractivity (Wildman–Crippen MR) is 167 cm³/mol. The molecule has 0 aromatic heterocycles. The number of β-lactam (4-membered cyclic amide) rings is 1. The van der Waals surface area contributed by atoms with Gasteiger partial charge in [-0.05, 0) is 65.4 Å². The van der Waals surface area contributed by atoms with Crippen molar-refractivity contribution in [1.82, 2.24) is 0 Å². The largest absolute Gasteiger partial charge is 0.508 e. The predicted octanol–water partition coefficient (Wildman–Crippen LogP) is 3.93. The topological polar surface area (TPSA) is 151 Å². The van der Waals surface area contributed by atoms with Crippen molar-refractivity contribution in [3.05, 3.63) is 120 Å². The SMILES string of the molecule is O=C1[C@@H](CC[C@H](O)c2ccc(F)cc2)[C@H](c2ccc(-c3ccc(C4O[C@H](CO)[C@@H](O)[C@H](O)[C@H]4O)cc3)cc2O)N1c1ccccc1. The van der Waals surface area contributed by atoms with Gasteiger partial charge in [0.2, 0.25) is 5.91 Å². The van der Waals surface area contributed by atoms with Crippen molar-refractivity contribution in [3.8, 4) is 16.9 Å². The molecule has 2 saturated heterocycles. The Hall–Kier alpha value is -4.16. The maximum atomic E-state index is 13.4. The summed E-state index contributed by atoms with van der Waals surface area (Å²) in [6.07, 6.45) is -6.54. The Morgan fingerprint density at radius 3 is 2.15 bits per heavy atom. The average molecular weight is 630 g/mol. The fourth-order valence-corrected chi connectivity index (χ4v) is 6.47. The maximum absolute atomic E-state index is 13.4. The van der Waals surface area contributed by atoms with Crippen molar-refractivity contribution in [2.45, 2.75) is 55.5 Å². The Morgan fingerprint density at radius 1 is 0.826 bits per heavy atom. The number of benzene rings is 4. The van der Waals surface area contributed by atoms with E-state index in [2.05, 4.69) is 0 Å². The summed E-state index contributed by atoms with van der Waals surface area (Å²) in [5.41, 5.74) is 3.81. The molecule has 46 heavy (non-hydrogen) atoms. The minimum atomic E-state index is -1.48. The van der Waals surface area contributed by atoms with Crippen molar-refractivity contribution < 1.29 is 44.6 Å². The van der Waals surface area contributed by atoms with Crippen LogP contribution in [-0.2, 0) is 9.53 Å². The number of rotatable bonds is 9. The fraction of sp³-hybridized carbons (Fsp3) is 0.306. The molecule has 8 atom stereocenters. The standard InChI is InChI=1S/C36H36FNO8/c37-24-13-10-21(11-14-24)28(40)17-16-27-31(38(36(27)45)25-4-2-1-3-5-25)26-15-12-23(18-29(26)41)20-6-8-22(9-7-20)35-34(44)33(43)32(42)30(19-39)46-35/h1-15,18,27-28,30-35,39-44H,16-17,19H2/t27-,28-,30+,31-,32+,33-,34+,35?/m0/s1. The van der Waals surface area contributed by atoms with Crippen molar-refractivity contribution in [3.63, 3.8) is 0 Å². The molecule has 0 aliphatic carbocycles. The number of carbonyl (C=O) groups is 1. The first kappa shape index (κ1) is 31.8. The van der Waals surface area contributed by atoms with Crippen LogP contribution in [0.1, 0.15) is 47.8 Å². The Labute approximate surface area is 265 Å². The van der Waals surface area contributed by atoms with Gasteiger partial charge in [0, 0.05) is 11.3 Å². The van der Waals surface area contributed by atoms with E-state index >= 15 is 0 Å². The van der Waals surface area contributed by atoms with E-state index in [1.165, 1.54) is 24.3 Å². The van der Waals surface area contributed by atoms with Gasteiger partial charge in [-0.1, -0.05) is 66.7 Å². The molecule has 2 aliphatic rings. The van der Waals surface area contributed by atoms with Gasteiger partial charge in [-0.25, -0.2) is 4.39 Å². The van der Waals surface area contributed by atoms with Crippen molar-refractivity contribution in [2.75, 3.05) is 11.5 Å². The van der Waals surface area contributed by atoms with Crippen LogP contribution in [0.3, 0.4) is 0 Å². The lowest BCUT2D eigenvalue weighted by Crippen LogP contribution is -2.55. The second kappa shape index (κ2) is 13.3. The van der Waals surface area contributed by atoms with Gasteiger partial charge in [-0.3, -0.25) is 4.79 Å². The molecule has 0 saturated carbocycles. The van der Waals surface area contributed by atoms with Crippen molar-refractivity contribution in [2.24, 2.45) is 5.92 Å². The summed E-state index contributed by atoms with van der Waals surface area (Å²) >= 11 is 0. The van der Waals surface area contributed by atoms with E-state index in [-0.39, 0.29) is 18.1 Å². The van der Waals surface area contributed by atoms with Crippen LogP contribution in [0.15, 0.2) is 97.1 Å². The molecular weight excluding hydrogens is 593 g/mol. The molecule has 9 nitrogen and oxygen atoms in total. The van der Waals surface area contributed by atoms with E-state index in [4.69, 9.17) is 4.74 Å². The zero-order valence-corrected chi connectivity index (χ0v) is 24.8. The molecule has 6 N–H and O–H groups in total. The number of halogens is 1. The third kappa shape index (κ3) is 6.03. The number of aliphatic hydroxyl groups excluding tert-OH is 5. The van der Waals surface area contributed by atoms with Crippen LogP contribution in [0.2, 0.25) is 0 Å². The lowest BCUT2D eigenvalue weighted by molar-refractivity contribution is -0.231. The number of para-hydroxylation sites is 1. The van der Waals surface area contributed by atoms with Gasteiger partial charge in [0.05, 0.1) is 24.7 Å². The Morgan fingerprint density at radius 2 is 1.50 bits per heavy atom. The molecule has 2 fully saturated rings. The van der Waals surface area contributed by atoms with Gasteiger partial charge >= 0.3 is 0 Å². The summed E-state index contributed by atoms with van der Waals surface area (Å²) in [5.74, 6) is -1.01. The number of phenolic OH excluding ortho intramolecular Hbond substituents is 1. The summed E-state index contributed by atoms with van der Waals surface area (Å²) < 4.78 is 19.0. The zero-order valence-electron chi connectivity index (χ0n) is 24.8. The molecule has 240 valence electrons. The second-order valence-corrected chi connectivity index (χ2v) is 11.9. The number of hydrogen-bond acceptors (Lipinski definition) is 8. The van der Waals surface area contributed by atoms with Gasteiger partial charge in [0.25, 0.3) is 0 Å². The number of hydrogen-bond donors (Lipinski definition) is 6. The van der Waals surface area contributed by atoms with Crippen LogP contribution < -0.4 is 4.90 Å². The second-order valence-electron chi connectivity index (χ2n) is 11.9. The Kier molecular flexibility index (Phi) is 9.19. The molecule has 6 rings (SSSR count). The number of carbonyl (C=O) groups excluding carboxylic acids is 1. The quantitative estimate of drug-likeness (QED) is 0.153. The highest BCUT2D eigenvalue weighted by Gasteiger charge is 2.49. The minimum absolute atomic E-state index is 0.00183. The normalized spacial score (nSPS) is 26.9. The van der Waals surface area contributed by atoms with E-state index in [0.717, 1.165) is 5.56 Å². The Bertz CT molecular complexity index is 1650. The zero-order chi connectivity index (χ0) is 32.5. The smallest absolute Gasteiger partial charge is 0.233 e. The molecule has 0 bridgehead atoms. The first-order chi connectivity index (χ1) is 22.2. The number of amides is 1. The summed E-state index contributed by atoms with van der Waals surface area (Å²) in [6.45, 7) is -0.519. The molecule has 2 heterocycles. The van der Waals surface area contributed by atoms with Crippen LogP contribution in [-0.4, -0.2) is 67.6 Å². The van der Waals surface area contributed by atoms with E-state index in [9.17, 15) is 39.8 Å². The average Bonchev–Trinajstić information content (AvgIpc) is 3.07. The fourth-order valence-electron chi connectivity index (χ4n) is 6.47. The van der Waals surface area contributed by atoms with Crippen LogP contribution in [0, 0.1) is 11.7 Å². The molecule has 1 unspecified atom stereocenters. The first-order valence-corrected chi connectivity index (χ1v) is 15.2. The van der Waals surface area contributed by atoms with Gasteiger partial charge in [0.15, 0.2) is 0 Å². The number of anilines is 1. The molecule has 0 radical (unpaired) electrons. The molecule has 4 aromatic carbocycles. The monoisotopic (exact) mass is 629 g/mol. The van der Waals surface area contributed by atoms with Gasteiger partial charge in [-0.15, -0.1) is 0 Å². The number of nitrogens with zero attached hydrogens (tertiary/aromatic N) is 1. The molecule has 0 spiro atoms. The summed E-state index contributed by atoms with van der Waals surface area (Å²) in [5, 5.41) is 62.3. The maximum Gasteiger partial charge on any atom is 0.233 e. The van der Waals surface area contributed by atoms with E-state index in [1.54, 1.807) is 41.3 Å². The van der Waals surface area contributed by atoms with Crippen molar-refractivity contribution in [1.29, 1.82) is 0 Å². The molecule has 4 aromatic rings. The van der Waals surface area contributed by atoms with Gasteiger partial charge in [-0.2, -0.15) is 0 Å². The third-order valence-electron chi connectivity index (χ3n) is 9.07. The van der Waals surface area contributed by atoms with E-state index in [0.29, 0.717) is 34.4 Å². The summed E-state index contributed by atoms with van der Waals surface area (Å²) in [4.78, 5) is 15.1. The minimum Gasteiger partial charge on any atom is -0.508 e. The Balaban J connectivity index is 1.23. The third-order valence-corrected chi connectivity index (χ3v) is 9.07. The summed E-state index contributed by atoms with van der Waals surface area (Å²) in [6, 6.07) is 26.5. The number of aliphatic hydroxyl groups is 5. The van der Waals surface area contributed by atoms with Crippen LogP contribution in [0.25, 0.3) is 11.1 Å². The lowest BCUT2D eigenvalue weighted by Gasteiger charge is -2.48. The first-order valence-electron chi connectivity index (χ1n) is 15.2. The van der Waals surface area contributed by atoms with E-state index < -0.39 is 61.0 Å². The molecular formula is C36H36FNO8. The van der Waals surface area contributed by atoms with Crippen LogP contribution in [0.5, 0.6) is 5.75 Å². The molecule has 1 amide bonds. The van der Waals surface area contributed by atoms with Gasteiger partial charge < -0.3 is 40.3 Å². The molecule has 2 aliphatic heterocycles. The lowest BCUT2D eigenvalue weighted by atomic mass is 9.77.